The molecule has 0 radical (unpaired) electrons. The second kappa shape index (κ2) is 5.45. The Kier molecular flexibility index (Phi) is 3.90. The Morgan fingerprint density at radius 1 is 1.37 bits per heavy atom. The molecule has 0 saturated carbocycles. The number of alkyl halides is 1. The van der Waals surface area contributed by atoms with Crippen LogP contribution in [0.5, 0.6) is 0 Å². The Hall–Kier alpha value is -1.81. The van der Waals surface area contributed by atoms with Crippen LogP contribution in [0.4, 0.5) is 0 Å². The van der Waals surface area contributed by atoms with Gasteiger partial charge in [0.05, 0.1) is 0 Å². The third-order valence-electron chi connectivity index (χ3n) is 2.62. The summed E-state index contributed by atoms with van der Waals surface area (Å²) in [4.78, 5) is 23.6. The summed E-state index contributed by atoms with van der Waals surface area (Å²) in [7, 11) is 0. The molecule has 0 atom stereocenters. The number of nitrogens with one attached hydrogen (secondary N) is 1. The van der Waals surface area contributed by atoms with E-state index in [1.165, 1.54) is 6.07 Å². The molecule has 100 valence electrons. The fraction of sp³-hybridized carbons (Fsp3) is 0.286. The van der Waals surface area contributed by atoms with Crippen LogP contribution in [0.2, 0.25) is 0 Å². The van der Waals surface area contributed by atoms with Crippen LogP contribution < -0.4 is 10.9 Å². The summed E-state index contributed by atoms with van der Waals surface area (Å²) in [6.07, 6.45) is 0. The van der Waals surface area contributed by atoms with E-state index >= 15 is 0 Å². The Bertz CT molecular complexity index is 676. The first kappa shape index (κ1) is 13.6. The average Bonchev–Trinajstić information content (AvgIpc) is 2.36. The van der Waals surface area contributed by atoms with E-state index < -0.39 is 11.5 Å². The molecule has 0 saturated heterocycles. The van der Waals surface area contributed by atoms with Crippen LogP contribution in [0, 0.1) is 0 Å². The number of amides is 1. The molecule has 1 amide bonds. The Morgan fingerprint density at radius 2 is 2.11 bits per heavy atom. The third-order valence-corrected chi connectivity index (χ3v) is 2.92. The van der Waals surface area contributed by atoms with Crippen LogP contribution in [-0.2, 0) is 5.88 Å². The van der Waals surface area contributed by atoms with Crippen LogP contribution in [-0.4, -0.2) is 11.9 Å². The number of rotatable bonds is 3. The first-order valence-corrected chi connectivity index (χ1v) is 6.48. The number of carbonyl (C=O) groups excluding carboxylic acids is 1. The minimum Gasteiger partial charge on any atom is -0.422 e. The van der Waals surface area contributed by atoms with Gasteiger partial charge in [-0.1, -0.05) is 6.07 Å². The molecule has 4 nitrogen and oxygen atoms in total. The van der Waals surface area contributed by atoms with Gasteiger partial charge in [0.25, 0.3) is 5.91 Å². The molecular weight excluding hydrogens is 266 g/mol. The van der Waals surface area contributed by atoms with Gasteiger partial charge in [0.2, 0.25) is 0 Å². The van der Waals surface area contributed by atoms with Crippen LogP contribution in [0.25, 0.3) is 11.0 Å². The van der Waals surface area contributed by atoms with Gasteiger partial charge in [0.1, 0.15) is 11.1 Å². The van der Waals surface area contributed by atoms with Crippen molar-refractivity contribution in [2.75, 3.05) is 0 Å². The van der Waals surface area contributed by atoms with Gasteiger partial charge in [-0.25, -0.2) is 4.79 Å². The van der Waals surface area contributed by atoms with Gasteiger partial charge in [0, 0.05) is 17.3 Å². The highest BCUT2D eigenvalue weighted by Gasteiger charge is 2.14. The standard InChI is InChI=1S/C14H14ClNO3/c1-8(2)16-13(17)11-6-10-5-9(7-15)3-4-12(10)19-14(11)18/h3-6,8H,7H2,1-2H3,(H,16,17). The van der Waals surface area contributed by atoms with Crippen LogP contribution in [0.1, 0.15) is 29.8 Å². The van der Waals surface area contributed by atoms with Crippen LogP contribution in [0.15, 0.2) is 33.5 Å². The van der Waals surface area contributed by atoms with Crippen molar-refractivity contribution in [3.05, 3.63) is 45.8 Å². The van der Waals surface area contributed by atoms with Crippen molar-refractivity contribution >= 4 is 28.5 Å². The number of carbonyl (C=O) groups is 1. The number of hydrogen-bond acceptors (Lipinski definition) is 3. The zero-order valence-corrected chi connectivity index (χ0v) is 11.5. The quantitative estimate of drug-likeness (QED) is 0.694. The normalized spacial score (nSPS) is 10.9. The fourth-order valence-corrected chi connectivity index (χ4v) is 1.92. The van der Waals surface area contributed by atoms with Gasteiger partial charge >= 0.3 is 5.63 Å². The van der Waals surface area contributed by atoms with E-state index in [0.29, 0.717) is 16.8 Å². The van der Waals surface area contributed by atoms with E-state index in [4.69, 9.17) is 16.0 Å². The summed E-state index contributed by atoms with van der Waals surface area (Å²) in [6.45, 7) is 3.65. The second-order valence-corrected chi connectivity index (χ2v) is 4.85. The highest BCUT2D eigenvalue weighted by atomic mass is 35.5. The predicted molar refractivity (Wildman–Crippen MR) is 74.6 cm³/mol. The van der Waals surface area contributed by atoms with Crippen molar-refractivity contribution < 1.29 is 9.21 Å². The molecule has 1 heterocycles. The fourth-order valence-electron chi connectivity index (χ4n) is 1.75. The van der Waals surface area contributed by atoms with E-state index in [1.807, 2.05) is 13.8 Å². The third kappa shape index (κ3) is 2.96. The molecule has 0 aliphatic carbocycles. The molecule has 0 aliphatic heterocycles. The van der Waals surface area contributed by atoms with Gasteiger partial charge in [-0.3, -0.25) is 4.79 Å². The van der Waals surface area contributed by atoms with Crippen molar-refractivity contribution in [1.29, 1.82) is 0 Å². The highest BCUT2D eigenvalue weighted by molar-refractivity contribution is 6.17. The summed E-state index contributed by atoms with van der Waals surface area (Å²) < 4.78 is 5.14. The van der Waals surface area contributed by atoms with Gasteiger partial charge in [-0.05, 0) is 37.6 Å². The summed E-state index contributed by atoms with van der Waals surface area (Å²) in [5, 5.41) is 3.35. The molecule has 1 aromatic heterocycles. The zero-order valence-electron chi connectivity index (χ0n) is 10.7. The first-order valence-electron chi connectivity index (χ1n) is 5.95. The minimum absolute atomic E-state index is 0.00734. The molecule has 1 N–H and O–H groups in total. The molecule has 0 spiro atoms. The first-order chi connectivity index (χ1) is 9.01. The van der Waals surface area contributed by atoms with E-state index in [2.05, 4.69) is 5.32 Å². The monoisotopic (exact) mass is 279 g/mol. The maximum absolute atomic E-state index is 11.9. The summed E-state index contributed by atoms with van der Waals surface area (Å²) >= 11 is 5.76. The Morgan fingerprint density at radius 3 is 2.74 bits per heavy atom. The molecule has 0 aliphatic rings. The topological polar surface area (TPSA) is 59.3 Å². The second-order valence-electron chi connectivity index (χ2n) is 4.58. The zero-order chi connectivity index (χ0) is 14.0. The molecule has 1 aromatic carbocycles. The van der Waals surface area contributed by atoms with Crippen molar-refractivity contribution in [2.24, 2.45) is 0 Å². The van der Waals surface area contributed by atoms with Crippen LogP contribution in [0.3, 0.4) is 0 Å². The molecule has 0 fully saturated rings. The lowest BCUT2D eigenvalue weighted by Gasteiger charge is -2.08. The lowest BCUT2D eigenvalue weighted by atomic mass is 10.1. The maximum atomic E-state index is 11.9. The van der Waals surface area contributed by atoms with Crippen LogP contribution >= 0.6 is 11.6 Å². The predicted octanol–water partition coefficient (Wildman–Crippen LogP) is 2.67. The van der Waals surface area contributed by atoms with E-state index in [0.717, 1.165) is 5.56 Å². The minimum atomic E-state index is -0.635. The molecule has 19 heavy (non-hydrogen) atoms. The van der Waals surface area contributed by atoms with Gasteiger partial charge in [-0.2, -0.15) is 0 Å². The average molecular weight is 280 g/mol. The van der Waals surface area contributed by atoms with Crippen molar-refractivity contribution in [1.82, 2.24) is 5.32 Å². The molecular formula is C14H14ClNO3. The Labute approximate surface area is 115 Å². The number of fused-ring (bicyclic) bond motifs is 1. The van der Waals surface area contributed by atoms with E-state index in [-0.39, 0.29) is 11.6 Å². The number of benzene rings is 1. The summed E-state index contributed by atoms with van der Waals surface area (Å²) in [5.41, 5.74) is 0.718. The van der Waals surface area contributed by atoms with E-state index in [9.17, 15) is 9.59 Å². The smallest absolute Gasteiger partial charge is 0.349 e. The number of halogens is 1. The SMILES string of the molecule is CC(C)NC(=O)c1cc2cc(CCl)ccc2oc1=O. The van der Waals surface area contributed by atoms with Crippen molar-refractivity contribution in [3.8, 4) is 0 Å². The molecule has 5 heteroatoms. The van der Waals surface area contributed by atoms with Gasteiger partial charge in [0.15, 0.2) is 0 Å². The highest BCUT2D eigenvalue weighted by Crippen LogP contribution is 2.17. The molecule has 2 aromatic rings. The summed E-state index contributed by atoms with van der Waals surface area (Å²) in [5.74, 6) is -0.0651. The van der Waals surface area contributed by atoms with Crippen molar-refractivity contribution in [3.63, 3.8) is 0 Å². The molecule has 2 rings (SSSR count). The van der Waals surface area contributed by atoms with Gasteiger partial charge < -0.3 is 9.73 Å². The lowest BCUT2D eigenvalue weighted by Crippen LogP contribution is -2.33. The maximum Gasteiger partial charge on any atom is 0.349 e. The molecule has 0 unspecified atom stereocenters. The largest absolute Gasteiger partial charge is 0.422 e. The van der Waals surface area contributed by atoms with Gasteiger partial charge in [-0.15, -0.1) is 11.6 Å². The number of hydrogen-bond donors (Lipinski definition) is 1. The van der Waals surface area contributed by atoms with E-state index in [1.54, 1.807) is 18.2 Å². The Balaban J connectivity index is 2.53. The summed E-state index contributed by atoms with van der Waals surface area (Å²) in [6, 6.07) is 6.76. The van der Waals surface area contributed by atoms with Crippen molar-refractivity contribution in [2.45, 2.75) is 25.8 Å². The lowest BCUT2D eigenvalue weighted by molar-refractivity contribution is 0.0939. The molecule has 0 bridgehead atoms.